The topological polar surface area (TPSA) is 51.1 Å². The first-order valence-corrected chi connectivity index (χ1v) is 28.1. The molecule has 0 radical (unpaired) electrons. The maximum Gasteiger partial charge on any atom is 0.121 e. The molecule has 74 heavy (non-hydrogen) atoms. The van der Waals surface area contributed by atoms with E-state index < -0.39 is 0 Å². The number of rotatable bonds is 0. The monoisotopic (exact) mass is 1040 g/mol. The Balaban J connectivity index is 0. The van der Waals surface area contributed by atoms with E-state index in [1.807, 2.05) is 23.9 Å². The van der Waals surface area contributed by atoms with Crippen LogP contribution in [0.5, 0.6) is 0 Å². The number of ether oxygens (including phenoxy) is 1. The predicted molar refractivity (Wildman–Crippen MR) is 336 cm³/mol. The van der Waals surface area contributed by atoms with Crippen molar-refractivity contribution >= 4 is 11.8 Å². The van der Waals surface area contributed by atoms with E-state index in [2.05, 4.69) is 252 Å². The van der Waals surface area contributed by atoms with Crippen molar-refractivity contribution in [2.45, 2.75) is 275 Å². The van der Waals surface area contributed by atoms with Crippen LogP contribution in [0, 0.1) is 93.9 Å². The van der Waals surface area contributed by atoms with Gasteiger partial charge in [0.1, 0.15) is 6.10 Å². The molecule has 3 aromatic heterocycles. The van der Waals surface area contributed by atoms with Crippen molar-refractivity contribution in [1.82, 2.24) is 19.9 Å². The summed E-state index contributed by atoms with van der Waals surface area (Å²) in [5.41, 5.74) is 21.0. The number of nitrogens with zero attached hydrogens (tertiary/aromatic N) is 4. The minimum atomic E-state index is 0. The highest BCUT2D eigenvalue weighted by atomic mass is 32.2. The van der Waals surface area contributed by atoms with Gasteiger partial charge in [0, 0.05) is 55.8 Å². The molecule has 0 spiro atoms. The number of hydrogen-bond donors (Lipinski definition) is 0. The molecule has 3 aliphatic heterocycles. The number of hydrogen-bond acceptors (Lipinski definition) is 6. The standard InChI is InChI=1S/3C13H21N.C9H19N.C9H14O.C9H14S.2CH4/c1-8-10(3)14-11(4)9(2)12(8)13(5,6)7;1-8-9(2)12(13(5,6)7)11(4)14-10(8)3;1-8-9(2)11(4)14-12(10(8)3)13(5,6)7;1-9(2,3)10-7-5-4-6-8-10;2*1-9(2,3)8-6-4-5-7-10-8;;/h3*1-7H3;4-8H2,1-3H3;2*4-8H,1-3H3;2*1H4. The maximum absolute atomic E-state index is 5.38. The minimum Gasteiger partial charge on any atom is -0.493 e. The van der Waals surface area contributed by atoms with Gasteiger partial charge in [-0.1, -0.05) is 149 Å². The van der Waals surface area contributed by atoms with Crippen LogP contribution < -0.4 is 0 Å². The highest BCUT2D eigenvalue weighted by Gasteiger charge is 2.26. The highest BCUT2D eigenvalue weighted by molar-refractivity contribution is 8.03. The number of aromatic nitrogens is 3. The van der Waals surface area contributed by atoms with Crippen molar-refractivity contribution in [3.63, 3.8) is 0 Å². The Morgan fingerprint density at radius 2 is 0.865 bits per heavy atom. The second-order valence-electron chi connectivity index (χ2n) is 27.0. The van der Waals surface area contributed by atoms with E-state index in [1.165, 1.54) is 93.8 Å². The van der Waals surface area contributed by atoms with Crippen molar-refractivity contribution in [2.75, 3.05) is 13.1 Å². The second kappa shape index (κ2) is 29.9. The molecule has 0 N–H and O–H groups in total. The van der Waals surface area contributed by atoms with Gasteiger partial charge >= 0.3 is 0 Å². The van der Waals surface area contributed by atoms with Crippen LogP contribution in [0.25, 0.3) is 0 Å². The molecule has 0 aliphatic carbocycles. The molecule has 0 saturated carbocycles. The van der Waals surface area contributed by atoms with Crippen LogP contribution in [-0.4, -0.2) is 49.8 Å². The van der Waals surface area contributed by atoms with Gasteiger partial charge in [0.15, 0.2) is 0 Å². The van der Waals surface area contributed by atoms with E-state index in [9.17, 15) is 0 Å². The van der Waals surface area contributed by atoms with Crippen LogP contribution in [0.1, 0.15) is 243 Å². The van der Waals surface area contributed by atoms with Crippen LogP contribution in [0.3, 0.4) is 0 Å². The van der Waals surface area contributed by atoms with Crippen LogP contribution in [0.15, 0.2) is 48.1 Å². The molecule has 3 aliphatic rings. The number of thioether (sulfide) groups is 1. The molecule has 3 aromatic rings. The number of piperidine rings is 1. The largest absolute Gasteiger partial charge is 0.493 e. The number of likely N-dealkylation sites (tertiary alicyclic amines) is 1. The van der Waals surface area contributed by atoms with Gasteiger partial charge in [-0.2, -0.15) is 0 Å². The lowest BCUT2D eigenvalue weighted by Gasteiger charge is -2.38. The summed E-state index contributed by atoms with van der Waals surface area (Å²) < 4.78 is 5.38. The Labute approximate surface area is 465 Å². The van der Waals surface area contributed by atoms with Gasteiger partial charge in [0.2, 0.25) is 0 Å². The van der Waals surface area contributed by atoms with Crippen LogP contribution in [-0.2, 0) is 21.0 Å². The van der Waals surface area contributed by atoms with Crippen molar-refractivity contribution in [3.8, 4) is 0 Å². The van der Waals surface area contributed by atoms with Crippen molar-refractivity contribution in [2.24, 2.45) is 10.8 Å². The Morgan fingerprint density at radius 1 is 0.432 bits per heavy atom. The molecule has 2 unspecified atom stereocenters. The molecule has 6 rings (SSSR count). The summed E-state index contributed by atoms with van der Waals surface area (Å²) in [6, 6.07) is 0. The summed E-state index contributed by atoms with van der Waals surface area (Å²) in [5, 5.41) is 2.81. The Morgan fingerprint density at radius 3 is 1.20 bits per heavy atom. The summed E-state index contributed by atoms with van der Waals surface area (Å²) >= 11 is 1.90. The van der Waals surface area contributed by atoms with Gasteiger partial charge in [-0.25, -0.2) is 0 Å². The lowest BCUT2D eigenvalue weighted by Crippen LogP contribution is -2.44. The van der Waals surface area contributed by atoms with Crippen molar-refractivity contribution in [3.05, 3.63) is 132 Å². The predicted octanol–water partition coefficient (Wildman–Crippen LogP) is 20.1. The van der Waals surface area contributed by atoms with Crippen LogP contribution in [0.4, 0.5) is 0 Å². The third kappa shape index (κ3) is 23.0. The first kappa shape index (κ1) is 72.6. The smallest absolute Gasteiger partial charge is 0.121 e. The van der Waals surface area contributed by atoms with E-state index in [0.717, 1.165) is 22.8 Å². The summed E-state index contributed by atoms with van der Waals surface area (Å²) in [5.74, 6) is 0. The number of allylic oxidation sites excluding steroid dienone is 4. The normalized spacial score (nSPS) is 16.6. The Hall–Kier alpha value is -3.48. The fraction of sp³-hybridized carbons (Fsp3) is 0.662. The number of aryl methyl sites for hydroxylation is 5. The molecule has 6 heteroatoms. The first-order chi connectivity index (χ1) is 32.6. The molecule has 0 aromatic carbocycles. The van der Waals surface area contributed by atoms with Gasteiger partial charge in [-0.15, -0.1) is 11.8 Å². The third-order valence-corrected chi connectivity index (χ3v) is 15.7. The zero-order valence-corrected chi connectivity index (χ0v) is 53.2. The van der Waals surface area contributed by atoms with Crippen molar-refractivity contribution in [1.29, 1.82) is 0 Å². The van der Waals surface area contributed by atoms with E-state index in [0.29, 0.717) is 16.2 Å². The van der Waals surface area contributed by atoms with Gasteiger partial charge in [0.25, 0.3) is 0 Å². The van der Waals surface area contributed by atoms with Gasteiger partial charge < -0.3 is 4.74 Å². The Kier molecular flexibility index (Phi) is 29.3. The van der Waals surface area contributed by atoms with Gasteiger partial charge in [-0.05, 0) is 214 Å². The van der Waals surface area contributed by atoms with Gasteiger partial charge in [-0.3, -0.25) is 19.9 Å². The Bertz CT molecular complexity index is 2250. The van der Waals surface area contributed by atoms with E-state index >= 15 is 0 Å². The van der Waals surface area contributed by atoms with Crippen LogP contribution in [0.2, 0.25) is 0 Å². The van der Waals surface area contributed by atoms with Crippen LogP contribution >= 0.6 is 11.8 Å². The molecular weight excluding hydrogens is 921 g/mol. The molecular formula is C68H118N4OS. The molecule has 0 amide bonds. The lowest BCUT2D eigenvalue weighted by atomic mass is 9.80. The van der Waals surface area contributed by atoms with Gasteiger partial charge in [0.05, 0.1) is 6.26 Å². The highest BCUT2D eigenvalue weighted by Crippen LogP contribution is 2.35. The van der Waals surface area contributed by atoms with E-state index in [4.69, 9.17) is 9.72 Å². The molecule has 1 saturated heterocycles. The molecule has 6 heterocycles. The molecule has 2 atom stereocenters. The molecule has 1 fully saturated rings. The lowest BCUT2D eigenvalue weighted by molar-refractivity contribution is 0.0823. The van der Waals surface area contributed by atoms with E-state index in [-0.39, 0.29) is 42.6 Å². The summed E-state index contributed by atoms with van der Waals surface area (Å²) in [4.78, 5) is 16.4. The fourth-order valence-electron chi connectivity index (χ4n) is 9.53. The summed E-state index contributed by atoms with van der Waals surface area (Å²) in [7, 11) is 0. The second-order valence-corrected chi connectivity index (χ2v) is 28.0. The maximum atomic E-state index is 5.38. The fourth-order valence-corrected chi connectivity index (χ4v) is 10.5. The van der Waals surface area contributed by atoms with E-state index in [1.54, 1.807) is 6.26 Å². The van der Waals surface area contributed by atoms with Crippen molar-refractivity contribution < 1.29 is 4.74 Å². The molecule has 0 bridgehead atoms. The average molecular weight is 1040 g/mol. The molecule has 422 valence electrons. The summed E-state index contributed by atoms with van der Waals surface area (Å²) in [6.07, 6.45) is 18.7. The zero-order valence-electron chi connectivity index (χ0n) is 52.4. The molecule has 5 nitrogen and oxygen atoms in total. The minimum absolute atomic E-state index is 0. The summed E-state index contributed by atoms with van der Waals surface area (Å²) in [6.45, 7) is 68.8. The quantitative estimate of drug-likeness (QED) is 0.224. The SMILES string of the molecule is C.C.CC(C)(C)C1C=CC=CO1.CC(C)(C)C1C=CC=CS1.CC(C)(C)N1CCCCC1.Cc1nc(C(C)(C)C)c(C)c(C)c1C.Cc1nc(C)c(C(C)(C)C)c(C)c1C.Cc1nc(C)c(C)c(C(C)(C)C)c1C. The zero-order chi connectivity index (χ0) is 56.1. The first-order valence-electron chi connectivity index (χ1n) is 27.1. The average Bonchev–Trinajstić information content (AvgIpc) is 3.25. The third-order valence-electron chi connectivity index (χ3n) is 14.3. The number of pyridine rings is 3.